The first kappa shape index (κ1) is 18.9. The van der Waals surface area contributed by atoms with Crippen LogP contribution in [0, 0.1) is 11.6 Å². The number of anilines is 1. The molecule has 0 fully saturated rings. The van der Waals surface area contributed by atoms with Gasteiger partial charge in [-0.2, -0.15) is 0 Å². The van der Waals surface area contributed by atoms with Crippen molar-refractivity contribution in [2.75, 3.05) is 11.9 Å². The molecule has 0 unspecified atom stereocenters. The number of benzene rings is 2. The molecular formula is C18H18F4N2O. The Morgan fingerprint density at radius 2 is 1.56 bits per heavy atom. The average molecular weight is 354 g/mol. The standard InChI is InChI=1S/C18H18F4N2O/c1-24(15-4-2-11(3-5-15)9-17(21)22)18(25)16(23)8-12-6-13(19)10-14(20)7-12/h2-7,10,16-17H,8-9,23H2,1H3/t16-/m0/s1. The number of carbonyl (C=O) groups is 1. The van der Waals surface area contributed by atoms with Gasteiger partial charge in [0.05, 0.1) is 6.04 Å². The van der Waals surface area contributed by atoms with Crippen LogP contribution in [0.25, 0.3) is 0 Å². The molecule has 25 heavy (non-hydrogen) atoms. The molecule has 0 radical (unpaired) electrons. The molecular weight excluding hydrogens is 336 g/mol. The van der Waals surface area contributed by atoms with E-state index in [9.17, 15) is 22.4 Å². The van der Waals surface area contributed by atoms with Crippen molar-refractivity contribution in [3.05, 3.63) is 65.2 Å². The van der Waals surface area contributed by atoms with Gasteiger partial charge in [0, 0.05) is 25.2 Å². The zero-order chi connectivity index (χ0) is 18.6. The molecule has 0 aliphatic carbocycles. The predicted molar refractivity (Wildman–Crippen MR) is 87.6 cm³/mol. The molecule has 2 N–H and O–H groups in total. The highest BCUT2D eigenvalue weighted by Gasteiger charge is 2.20. The van der Waals surface area contributed by atoms with E-state index >= 15 is 0 Å². The fraction of sp³-hybridized carbons (Fsp3) is 0.278. The number of halogens is 4. The maximum Gasteiger partial charge on any atom is 0.243 e. The van der Waals surface area contributed by atoms with Crippen molar-refractivity contribution in [1.29, 1.82) is 0 Å². The molecule has 1 amide bonds. The van der Waals surface area contributed by atoms with Gasteiger partial charge in [-0.3, -0.25) is 4.79 Å². The Bertz CT molecular complexity index is 714. The number of alkyl halides is 2. The lowest BCUT2D eigenvalue weighted by Gasteiger charge is -2.22. The van der Waals surface area contributed by atoms with Crippen LogP contribution >= 0.6 is 0 Å². The van der Waals surface area contributed by atoms with Crippen LogP contribution in [0.2, 0.25) is 0 Å². The third-order valence-electron chi connectivity index (χ3n) is 3.74. The minimum Gasteiger partial charge on any atom is -0.320 e. The Morgan fingerprint density at radius 1 is 1.00 bits per heavy atom. The number of carbonyl (C=O) groups excluding carboxylic acids is 1. The van der Waals surface area contributed by atoms with E-state index < -0.39 is 30.0 Å². The molecule has 2 aromatic carbocycles. The summed E-state index contributed by atoms with van der Waals surface area (Å²) < 4.78 is 51.1. The van der Waals surface area contributed by atoms with Crippen molar-refractivity contribution in [1.82, 2.24) is 0 Å². The molecule has 0 heterocycles. The minimum absolute atomic E-state index is 0.0265. The van der Waals surface area contributed by atoms with E-state index in [-0.39, 0.29) is 18.4 Å². The molecule has 0 aromatic heterocycles. The lowest BCUT2D eigenvalue weighted by Crippen LogP contribution is -2.43. The highest BCUT2D eigenvalue weighted by Crippen LogP contribution is 2.17. The van der Waals surface area contributed by atoms with E-state index in [1.54, 1.807) is 12.1 Å². The van der Waals surface area contributed by atoms with Gasteiger partial charge in [0.2, 0.25) is 12.3 Å². The second-order valence-corrected chi connectivity index (χ2v) is 5.75. The zero-order valence-corrected chi connectivity index (χ0v) is 13.6. The predicted octanol–water partition coefficient (Wildman–Crippen LogP) is 3.31. The number of hydrogen-bond donors (Lipinski definition) is 1. The van der Waals surface area contributed by atoms with Gasteiger partial charge in [-0.05, 0) is 41.8 Å². The number of nitrogens with two attached hydrogens (primary N) is 1. The van der Waals surface area contributed by atoms with E-state index in [1.165, 1.54) is 24.1 Å². The quantitative estimate of drug-likeness (QED) is 0.809. The summed E-state index contributed by atoms with van der Waals surface area (Å²) in [6, 6.07) is 8.10. The number of rotatable bonds is 6. The maximum absolute atomic E-state index is 13.2. The second-order valence-electron chi connectivity index (χ2n) is 5.75. The molecule has 0 bridgehead atoms. The fourth-order valence-electron chi connectivity index (χ4n) is 2.48. The van der Waals surface area contributed by atoms with Crippen molar-refractivity contribution in [3.63, 3.8) is 0 Å². The van der Waals surface area contributed by atoms with Crippen LogP contribution in [0.4, 0.5) is 23.2 Å². The summed E-state index contributed by atoms with van der Waals surface area (Å²) in [5.41, 5.74) is 7.07. The van der Waals surface area contributed by atoms with E-state index in [0.29, 0.717) is 11.3 Å². The summed E-state index contributed by atoms with van der Waals surface area (Å²) in [5.74, 6) is -1.93. The van der Waals surface area contributed by atoms with Crippen molar-refractivity contribution >= 4 is 11.6 Å². The van der Waals surface area contributed by atoms with Gasteiger partial charge in [0.25, 0.3) is 0 Å². The highest BCUT2D eigenvalue weighted by molar-refractivity contribution is 5.96. The fourth-order valence-corrected chi connectivity index (χ4v) is 2.48. The van der Waals surface area contributed by atoms with Gasteiger partial charge in [0.15, 0.2) is 0 Å². The molecule has 0 spiro atoms. The number of amides is 1. The summed E-state index contributed by atoms with van der Waals surface area (Å²) in [6.07, 6.45) is -2.82. The maximum atomic E-state index is 13.2. The van der Waals surface area contributed by atoms with Gasteiger partial charge in [-0.15, -0.1) is 0 Å². The summed E-state index contributed by atoms with van der Waals surface area (Å²) in [4.78, 5) is 13.7. The molecule has 2 rings (SSSR count). The Labute approximate surface area is 143 Å². The molecule has 0 aliphatic rings. The van der Waals surface area contributed by atoms with Crippen LogP contribution in [-0.4, -0.2) is 25.4 Å². The highest BCUT2D eigenvalue weighted by atomic mass is 19.3. The van der Waals surface area contributed by atoms with Crippen molar-refractivity contribution in [2.24, 2.45) is 5.73 Å². The van der Waals surface area contributed by atoms with Crippen LogP contribution in [0.1, 0.15) is 11.1 Å². The Morgan fingerprint density at radius 3 is 2.08 bits per heavy atom. The van der Waals surface area contributed by atoms with Crippen molar-refractivity contribution < 1.29 is 22.4 Å². The molecule has 134 valence electrons. The summed E-state index contributed by atoms with van der Waals surface area (Å²) >= 11 is 0. The Balaban J connectivity index is 2.05. The summed E-state index contributed by atoms with van der Waals surface area (Å²) in [5, 5.41) is 0. The van der Waals surface area contributed by atoms with Crippen LogP contribution in [0.3, 0.4) is 0 Å². The first-order valence-electron chi connectivity index (χ1n) is 7.61. The van der Waals surface area contributed by atoms with Gasteiger partial charge < -0.3 is 10.6 Å². The van der Waals surface area contributed by atoms with E-state index in [4.69, 9.17) is 5.73 Å². The van der Waals surface area contributed by atoms with Gasteiger partial charge in [-0.25, -0.2) is 17.6 Å². The van der Waals surface area contributed by atoms with Crippen LogP contribution in [-0.2, 0) is 17.6 Å². The van der Waals surface area contributed by atoms with E-state index in [1.807, 2.05) is 0 Å². The molecule has 0 saturated carbocycles. The Kier molecular flexibility index (Phi) is 6.14. The topological polar surface area (TPSA) is 46.3 Å². The van der Waals surface area contributed by atoms with Crippen LogP contribution in [0.15, 0.2) is 42.5 Å². The molecule has 0 aliphatic heterocycles. The minimum atomic E-state index is -2.44. The largest absolute Gasteiger partial charge is 0.320 e. The van der Waals surface area contributed by atoms with Crippen LogP contribution < -0.4 is 10.6 Å². The average Bonchev–Trinajstić information content (AvgIpc) is 2.52. The molecule has 1 atom stereocenters. The van der Waals surface area contributed by atoms with Gasteiger partial charge in [0.1, 0.15) is 11.6 Å². The SMILES string of the molecule is CN(C(=O)[C@@H](N)Cc1cc(F)cc(F)c1)c1ccc(CC(F)F)cc1. The molecule has 2 aromatic rings. The number of nitrogens with zero attached hydrogens (tertiary/aromatic N) is 1. The van der Waals surface area contributed by atoms with Crippen molar-refractivity contribution in [2.45, 2.75) is 25.3 Å². The summed E-state index contributed by atoms with van der Waals surface area (Å²) in [7, 11) is 1.50. The first-order chi connectivity index (χ1) is 11.8. The normalized spacial score (nSPS) is 12.3. The third-order valence-corrected chi connectivity index (χ3v) is 3.74. The molecule has 7 heteroatoms. The first-order valence-corrected chi connectivity index (χ1v) is 7.61. The van der Waals surface area contributed by atoms with Crippen LogP contribution in [0.5, 0.6) is 0 Å². The van der Waals surface area contributed by atoms with Crippen molar-refractivity contribution in [3.8, 4) is 0 Å². The third kappa shape index (κ3) is 5.29. The van der Waals surface area contributed by atoms with Gasteiger partial charge in [-0.1, -0.05) is 12.1 Å². The number of likely N-dealkylation sites (N-methyl/N-ethyl adjacent to an activating group) is 1. The Hall–Kier alpha value is -2.41. The number of hydrogen-bond acceptors (Lipinski definition) is 2. The second kappa shape index (κ2) is 8.11. The smallest absolute Gasteiger partial charge is 0.243 e. The van der Waals surface area contributed by atoms with E-state index in [0.717, 1.165) is 18.2 Å². The van der Waals surface area contributed by atoms with Gasteiger partial charge >= 0.3 is 0 Å². The monoisotopic (exact) mass is 354 g/mol. The zero-order valence-electron chi connectivity index (χ0n) is 13.6. The van der Waals surface area contributed by atoms with E-state index in [2.05, 4.69) is 0 Å². The lowest BCUT2D eigenvalue weighted by molar-refractivity contribution is -0.119. The molecule has 0 saturated heterocycles. The molecule has 3 nitrogen and oxygen atoms in total. The lowest BCUT2D eigenvalue weighted by atomic mass is 10.0. The summed E-state index contributed by atoms with van der Waals surface area (Å²) in [6.45, 7) is 0.